The molecule has 3 heterocycles. The maximum absolute atomic E-state index is 13.3. The molecule has 1 unspecified atom stereocenters. The molecule has 9 heteroatoms. The molecule has 4 aromatic rings. The van der Waals surface area contributed by atoms with E-state index >= 15 is 0 Å². The number of amides is 1. The molecule has 7 nitrogen and oxygen atoms in total. The van der Waals surface area contributed by atoms with Crippen LogP contribution in [0.25, 0.3) is 21.3 Å². The lowest BCUT2D eigenvalue weighted by Gasteiger charge is -2.15. The van der Waals surface area contributed by atoms with E-state index in [0.29, 0.717) is 21.2 Å². The van der Waals surface area contributed by atoms with Crippen molar-refractivity contribution in [3.63, 3.8) is 0 Å². The summed E-state index contributed by atoms with van der Waals surface area (Å²) in [5.74, 6) is 0.481. The number of fused-ring (bicyclic) bond motifs is 1. The van der Waals surface area contributed by atoms with Crippen molar-refractivity contribution in [2.75, 3.05) is 5.32 Å². The normalized spacial score (nSPS) is 12.5. The van der Waals surface area contributed by atoms with Gasteiger partial charge in [0.2, 0.25) is 5.91 Å². The number of benzene rings is 1. The summed E-state index contributed by atoms with van der Waals surface area (Å²) >= 11 is 2.72. The number of aromatic nitrogens is 4. The lowest BCUT2D eigenvalue weighted by molar-refractivity contribution is -0.115. The zero-order chi connectivity index (χ0) is 23.9. The number of anilines is 1. The second-order valence-corrected chi connectivity index (χ2v) is 10.6. The summed E-state index contributed by atoms with van der Waals surface area (Å²) in [5, 5.41) is 9.85. The third kappa shape index (κ3) is 4.47. The van der Waals surface area contributed by atoms with Crippen LogP contribution in [0.4, 0.5) is 5.82 Å². The Balaban J connectivity index is 1.62. The first kappa shape index (κ1) is 23.3. The van der Waals surface area contributed by atoms with Gasteiger partial charge in [-0.2, -0.15) is 5.10 Å². The molecule has 0 spiro atoms. The fraction of sp³-hybridized carbons (Fsp3) is 0.333. The number of carbonyl (C=O) groups is 1. The van der Waals surface area contributed by atoms with Crippen molar-refractivity contribution in [1.29, 1.82) is 0 Å². The van der Waals surface area contributed by atoms with E-state index in [1.54, 1.807) is 30.9 Å². The minimum Gasteiger partial charge on any atom is -0.310 e. The maximum Gasteiger partial charge on any atom is 0.263 e. The van der Waals surface area contributed by atoms with Crippen LogP contribution in [0.1, 0.15) is 37.9 Å². The summed E-state index contributed by atoms with van der Waals surface area (Å²) < 4.78 is 3.29. The van der Waals surface area contributed by atoms with E-state index in [-0.39, 0.29) is 17.5 Å². The third-order valence-electron chi connectivity index (χ3n) is 5.65. The summed E-state index contributed by atoms with van der Waals surface area (Å²) in [6, 6.07) is 8.12. The Kier molecular flexibility index (Phi) is 6.45. The van der Waals surface area contributed by atoms with Gasteiger partial charge in [-0.1, -0.05) is 30.0 Å². The quantitative estimate of drug-likeness (QED) is 0.303. The SMILES string of the molecule is Cc1ccc(-c2csc3nc(SC(C)C(=O)Nc4ccnn4C(C)C)n(C)c(=O)c23)cc1C. The Labute approximate surface area is 200 Å². The number of aryl methyl sites for hydroxylation is 2. The number of nitrogens with one attached hydrogen (secondary N) is 1. The molecule has 0 bridgehead atoms. The Bertz CT molecular complexity index is 1400. The van der Waals surface area contributed by atoms with Crippen molar-refractivity contribution < 1.29 is 4.79 Å². The van der Waals surface area contributed by atoms with Gasteiger partial charge >= 0.3 is 0 Å². The van der Waals surface area contributed by atoms with Crippen molar-refractivity contribution in [3.8, 4) is 11.1 Å². The predicted molar refractivity (Wildman–Crippen MR) is 136 cm³/mol. The van der Waals surface area contributed by atoms with Crippen molar-refractivity contribution >= 4 is 45.0 Å². The van der Waals surface area contributed by atoms with E-state index in [2.05, 4.69) is 36.4 Å². The molecule has 1 N–H and O–H groups in total. The molecule has 0 aliphatic heterocycles. The fourth-order valence-corrected chi connectivity index (χ4v) is 5.41. The number of carbonyl (C=O) groups excluding carboxylic acids is 1. The lowest BCUT2D eigenvalue weighted by atomic mass is 10.0. The molecular weight excluding hydrogens is 454 g/mol. The van der Waals surface area contributed by atoms with E-state index in [0.717, 1.165) is 11.1 Å². The zero-order valence-electron chi connectivity index (χ0n) is 19.5. The Morgan fingerprint density at radius 1 is 1.15 bits per heavy atom. The largest absolute Gasteiger partial charge is 0.310 e. The maximum atomic E-state index is 13.3. The van der Waals surface area contributed by atoms with Crippen LogP contribution in [0, 0.1) is 13.8 Å². The Morgan fingerprint density at radius 2 is 1.91 bits per heavy atom. The molecule has 4 rings (SSSR count). The van der Waals surface area contributed by atoms with E-state index in [4.69, 9.17) is 4.98 Å². The van der Waals surface area contributed by atoms with Gasteiger partial charge < -0.3 is 5.32 Å². The lowest BCUT2D eigenvalue weighted by Crippen LogP contribution is -2.26. The van der Waals surface area contributed by atoms with Crippen molar-refractivity contribution in [3.05, 3.63) is 57.3 Å². The molecule has 0 aliphatic carbocycles. The van der Waals surface area contributed by atoms with Gasteiger partial charge in [0.25, 0.3) is 5.56 Å². The molecule has 172 valence electrons. The molecule has 0 saturated heterocycles. The highest BCUT2D eigenvalue weighted by Crippen LogP contribution is 2.33. The Morgan fingerprint density at radius 3 is 2.61 bits per heavy atom. The molecule has 1 aromatic carbocycles. The highest BCUT2D eigenvalue weighted by molar-refractivity contribution is 8.00. The summed E-state index contributed by atoms with van der Waals surface area (Å²) in [6.07, 6.45) is 1.66. The number of rotatable bonds is 6. The van der Waals surface area contributed by atoms with Crippen LogP contribution < -0.4 is 10.9 Å². The summed E-state index contributed by atoms with van der Waals surface area (Å²) in [4.78, 5) is 31.5. The van der Waals surface area contributed by atoms with Crippen LogP contribution in [0.15, 0.2) is 45.8 Å². The first-order valence-electron chi connectivity index (χ1n) is 10.7. The second kappa shape index (κ2) is 9.15. The average Bonchev–Trinajstić information content (AvgIpc) is 3.41. The molecule has 0 radical (unpaired) electrons. The second-order valence-electron chi connectivity index (χ2n) is 8.39. The van der Waals surface area contributed by atoms with Crippen LogP contribution in [-0.2, 0) is 11.8 Å². The number of thiophene rings is 1. The average molecular weight is 482 g/mol. The summed E-state index contributed by atoms with van der Waals surface area (Å²) in [7, 11) is 1.71. The van der Waals surface area contributed by atoms with E-state index in [1.807, 2.05) is 25.3 Å². The topological polar surface area (TPSA) is 81.8 Å². The van der Waals surface area contributed by atoms with E-state index in [9.17, 15) is 9.59 Å². The molecule has 1 amide bonds. The van der Waals surface area contributed by atoms with Crippen LogP contribution in [0.2, 0.25) is 0 Å². The number of nitrogens with zero attached hydrogens (tertiary/aromatic N) is 4. The van der Waals surface area contributed by atoms with Crippen LogP contribution in [0.3, 0.4) is 0 Å². The predicted octanol–water partition coefficient (Wildman–Crippen LogP) is 5.18. The standard InChI is InChI=1S/C24H27N5O2S2/c1-13(2)29-19(9-10-25-29)26-21(30)16(5)33-24-27-22-20(23(31)28(24)6)18(12-32-22)17-8-7-14(3)15(4)11-17/h7-13,16H,1-6H3,(H,26,30). The summed E-state index contributed by atoms with van der Waals surface area (Å²) in [6.45, 7) is 9.95. The minimum atomic E-state index is -0.449. The van der Waals surface area contributed by atoms with E-state index < -0.39 is 5.25 Å². The molecular formula is C24H27N5O2S2. The fourth-order valence-electron chi connectivity index (χ4n) is 3.54. The van der Waals surface area contributed by atoms with Gasteiger partial charge in [-0.25, -0.2) is 9.67 Å². The highest BCUT2D eigenvalue weighted by atomic mass is 32.2. The van der Waals surface area contributed by atoms with Gasteiger partial charge in [0.1, 0.15) is 10.6 Å². The van der Waals surface area contributed by atoms with Gasteiger partial charge in [-0.15, -0.1) is 11.3 Å². The van der Waals surface area contributed by atoms with E-state index in [1.165, 1.54) is 38.8 Å². The molecule has 0 fully saturated rings. The molecule has 0 saturated carbocycles. The van der Waals surface area contributed by atoms with Crippen LogP contribution in [-0.4, -0.2) is 30.5 Å². The summed E-state index contributed by atoms with van der Waals surface area (Å²) in [5.41, 5.74) is 4.20. The van der Waals surface area contributed by atoms with Gasteiger partial charge in [-0.05, 0) is 51.3 Å². The molecule has 33 heavy (non-hydrogen) atoms. The van der Waals surface area contributed by atoms with Crippen molar-refractivity contribution in [2.45, 2.75) is 51.1 Å². The monoisotopic (exact) mass is 481 g/mol. The van der Waals surface area contributed by atoms with Gasteiger partial charge in [-0.3, -0.25) is 14.2 Å². The van der Waals surface area contributed by atoms with Crippen LogP contribution >= 0.6 is 23.1 Å². The van der Waals surface area contributed by atoms with Crippen molar-refractivity contribution in [1.82, 2.24) is 19.3 Å². The Hall–Kier alpha value is -2.91. The first-order chi connectivity index (χ1) is 15.7. The number of hydrogen-bond acceptors (Lipinski definition) is 6. The molecule has 0 aliphatic rings. The van der Waals surface area contributed by atoms with Gasteiger partial charge in [0.15, 0.2) is 5.16 Å². The minimum absolute atomic E-state index is 0.109. The third-order valence-corrected chi connectivity index (χ3v) is 7.67. The zero-order valence-corrected chi connectivity index (χ0v) is 21.2. The van der Waals surface area contributed by atoms with Crippen LogP contribution in [0.5, 0.6) is 0 Å². The number of thioether (sulfide) groups is 1. The van der Waals surface area contributed by atoms with Crippen molar-refractivity contribution in [2.24, 2.45) is 7.05 Å². The van der Waals surface area contributed by atoms with Gasteiger partial charge in [0, 0.05) is 30.1 Å². The molecule has 1 atom stereocenters. The van der Waals surface area contributed by atoms with Gasteiger partial charge in [0.05, 0.1) is 16.8 Å². The number of hydrogen-bond donors (Lipinski definition) is 1. The molecule has 3 aromatic heterocycles. The smallest absolute Gasteiger partial charge is 0.263 e. The highest BCUT2D eigenvalue weighted by Gasteiger charge is 2.21. The first-order valence-corrected chi connectivity index (χ1v) is 12.5.